The summed E-state index contributed by atoms with van der Waals surface area (Å²) >= 11 is 1.65. The molecule has 2 rings (SSSR count). The standard InChI is InChI=1S/C16H20N2OS/c1-11(2)17-14-8-5-4-7-13(14)16(19)18-12(3)15-9-6-10-20-15/h4-12,17H,1-3H3,(H,18,19). The molecule has 2 aromatic rings. The number of para-hydroxylation sites is 1. The van der Waals surface area contributed by atoms with Gasteiger partial charge in [-0.1, -0.05) is 18.2 Å². The summed E-state index contributed by atoms with van der Waals surface area (Å²) in [6.45, 7) is 6.12. The van der Waals surface area contributed by atoms with E-state index in [1.165, 1.54) is 0 Å². The molecule has 2 N–H and O–H groups in total. The molecular weight excluding hydrogens is 268 g/mol. The smallest absolute Gasteiger partial charge is 0.253 e. The van der Waals surface area contributed by atoms with Crippen molar-refractivity contribution in [1.82, 2.24) is 5.32 Å². The van der Waals surface area contributed by atoms with Crippen LogP contribution in [0.25, 0.3) is 0 Å². The van der Waals surface area contributed by atoms with Crippen molar-refractivity contribution < 1.29 is 4.79 Å². The molecule has 0 spiro atoms. The summed E-state index contributed by atoms with van der Waals surface area (Å²) in [6, 6.07) is 11.9. The third-order valence-corrected chi connectivity index (χ3v) is 3.99. The first-order valence-electron chi connectivity index (χ1n) is 6.77. The van der Waals surface area contributed by atoms with E-state index in [2.05, 4.69) is 24.5 Å². The summed E-state index contributed by atoms with van der Waals surface area (Å²) in [5, 5.41) is 8.37. The maximum atomic E-state index is 12.4. The lowest BCUT2D eigenvalue weighted by Gasteiger charge is -2.17. The first kappa shape index (κ1) is 14.6. The van der Waals surface area contributed by atoms with E-state index in [4.69, 9.17) is 0 Å². The Morgan fingerprint density at radius 2 is 1.85 bits per heavy atom. The Morgan fingerprint density at radius 3 is 2.50 bits per heavy atom. The van der Waals surface area contributed by atoms with E-state index in [1.807, 2.05) is 48.7 Å². The minimum atomic E-state index is -0.0466. The first-order chi connectivity index (χ1) is 9.58. The molecule has 0 bridgehead atoms. The van der Waals surface area contributed by atoms with Crippen LogP contribution in [0.1, 0.15) is 42.0 Å². The minimum Gasteiger partial charge on any atom is -0.382 e. The van der Waals surface area contributed by atoms with Crippen molar-refractivity contribution in [2.45, 2.75) is 32.9 Å². The molecule has 1 atom stereocenters. The fraction of sp³-hybridized carbons (Fsp3) is 0.312. The van der Waals surface area contributed by atoms with Crippen molar-refractivity contribution in [1.29, 1.82) is 0 Å². The number of nitrogens with one attached hydrogen (secondary N) is 2. The van der Waals surface area contributed by atoms with Crippen LogP contribution in [0, 0.1) is 0 Å². The normalized spacial score (nSPS) is 12.2. The molecule has 0 saturated heterocycles. The molecule has 106 valence electrons. The Morgan fingerprint density at radius 1 is 1.10 bits per heavy atom. The SMILES string of the molecule is CC(C)Nc1ccccc1C(=O)NC(C)c1cccs1. The lowest BCUT2D eigenvalue weighted by molar-refractivity contribution is 0.0941. The van der Waals surface area contributed by atoms with Crippen LogP contribution >= 0.6 is 11.3 Å². The fourth-order valence-corrected chi connectivity index (χ4v) is 2.74. The van der Waals surface area contributed by atoms with E-state index in [-0.39, 0.29) is 11.9 Å². The second-order valence-corrected chi connectivity index (χ2v) is 6.03. The summed E-state index contributed by atoms with van der Waals surface area (Å²) in [5.74, 6) is -0.0466. The Hall–Kier alpha value is -1.81. The van der Waals surface area contributed by atoms with Gasteiger partial charge in [-0.3, -0.25) is 4.79 Å². The zero-order valence-electron chi connectivity index (χ0n) is 12.0. The predicted octanol–water partition coefficient (Wildman–Crippen LogP) is 4.06. The number of thiophene rings is 1. The average Bonchev–Trinajstić information content (AvgIpc) is 2.92. The molecule has 4 heteroatoms. The van der Waals surface area contributed by atoms with E-state index < -0.39 is 0 Å². The molecule has 1 amide bonds. The molecule has 1 aromatic carbocycles. The second kappa shape index (κ2) is 6.57. The Kier molecular flexibility index (Phi) is 4.79. The van der Waals surface area contributed by atoms with Gasteiger partial charge in [0.15, 0.2) is 0 Å². The largest absolute Gasteiger partial charge is 0.382 e. The average molecular weight is 288 g/mol. The lowest BCUT2D eigenvalue weighted by Crippen LogP contribution is -2.27. The molecule has 3 nitrogen and oxygen atoms in total. The fourth-order valence-electron chi connectivity index (χ4n) is 2.00. The molecule has 20 heavy (non-hydrogen) atoms. The van der Waals surface area contributed by atoms with Gasteiger partial charge in [0.1, 0.15) is 0 Å². The maximum absolute atomic E-state index is 12.4. The van der Waals surface area contributed by atoms with E-state index in [9.17, 15) is 4.79 Å². The number of hydrogen-bond donors (Lipinski definition) is 2. The van der Waals surface area contributed by atoms with Crippen LogP contribution in [0.3, 0.4) is 0 Å². The molecule has 0 fully saturated rings. The highest BCUT2D eigenvalue weighted by atomic mass is 32.1. The summed E-state index contributed by atoms with van der Waals surface area (Å²) in [4.78, 5) is 13.6. The zero-order valence-corrected chi connectivity index (χ0v) is 12.8. The Bertz CT molecular complexity index is 564. The number of anilines is 1. The Balaban J connectivity index is 2.13. The monoisotopic (exact) mass is 288 g/mol. The highest BCUT2D eigenvalue weighted by Gasteiger charge is 2.15. The highest BCUT2D eigenvalue weighted by molar-refractivity contribution is 7.10. The van der Waals surface area contributed by atoms with E-state index in [0.717, 1.165) is 10.6 Å². The third kappa shape index (κ3) is 3.61. The van der Waals surface area contributed by atoms with Crippen LogP contribution in [-0.4, -0.2) is 11.9 Å². The van der Waals surface area contributed by atoms with Gasteiger partial charge < -0.3 is 10.6 Å². The molecule has 1 heterocycles. The van der Waals surface area contributed by atoms with Crippen LogP contribution in [0.4, 0.5) is 5.69 Å². The van der Waals surface area contributed by atoms with Gasteiger partial charge in [-0.15, -0.1) is 11.3 Å². The zero-order chi connectivity index (χ0) is 14.5. The summed E-state index contributed by atoms with van der Waals surface area (Å²) in [7, 11) is 0. The third-order valence-electron chi connectivity index (χ3n) is 2.93. The van der Waals surface area contributed by atoms with Crippen molar-refractivity contribution in [3.63, 3.8) is 0 Å². The van der Waals surface area contributed by atoms with Crippen LogP contribution < -0.4 is 10.6 Å². The quantitative estimate of drug-likeness (QED) is 0.871. The van der Waals surface area contributed by atoms with Gasteiger partial charge >= 0.3 is 0 Å². The number of hydrogen-bond acceptors (Lipinski definition) is 3. The number of carbonyl (C=O) groups is 1. The first-order valence-corrected chi connectivity index (χ1v) is 7.65. The molecule has 0 saturated carbocycles. The number of amides is 1. The Labute approximate surface area is 124 Å². The van der Waals surface area contributed by atoms with E-state index in [1.54, 1.807) is 11.3 Å². The molecule has 0 aliphatic carbocycles. The van der Waals surface area contributed by atoms with Gasteiger partial charge in [0.2, 0.25) is 0 Å². The van der Waals surface area contributed by atoms with Crippen LogP contribution in [-0.2, 0) is 0 Å². The van der Waals surface area contributed by atoms with Crippen LogP contribution in [0.2, 0.25) is 0 Å². The van der Waals surface area contributed by atoms with Gasteiger partial charge in [0, 0.05) is 16.6 Å². The molecular formula is C16H20N2OS. The van der Waals surface area contributed by atoms with Gasteiger partial charge in [0.25, 0.3) is 5.91 Å². The van der Waals surface area contributed by atoms with Crippen molar-refractivity contribution in [2.75, 3.05) is 5.32 Å². The predicted molar refractivity (Wildman–Crippen MR) is 85.4 cm³/mol. The number of rotatable bonds is 5. The highest BCUT2D eigenvalue weighted by Crippen LogP contribution is 2.21. The topological polar surface area (TPSA) is 41.1 Å². The van der Waals surface area contributed by atoms with Crippen molar-refractivity contribution in [2.24, 2.45) is 0 Å². The summed E-state index contributed by atoms with van der Waals surface area (Å²) < 4.78 is 0. The van der Waals surface area contributed by atoms with Gasteiger partial charge in [-0.2, -0.15) is 0 Å². The van der Waals surface area contributed by atoms with Crippen LogP contribution in [0.5, 0.6) is 0 Å². The number of benzene rings is 1. The molecule has 0 aliphatic heterocycles. The van der Waals surface area contributed by atoms with Crippen molar-refractivity contribution in [3.8, 4) is 0 Å². The summed E-state index contributed by atoms with van der Waals surface area (Å²) in [5.41, 5.74) is 1.56. The van der Waals surface area contributed by atoms with Gasteiger partial charge in [0.05, 0.1) is 11.6 Å². The van der Waals surface area contributed by atoms with Gasteiger partial charge in [-0.25, -0.2) is 0 Å². The summed E-state index contributed by atoms with van der Waals surface area (Å²) in [6.07, 6.45) is 0. The van der Waals surface area contributed by atoms with Crippen molar-refractivity contribution >= 4 is 22.9 Å². The lowest BCUT2D eigenvalue weighted by atomic mass is 10.1. The van der Waals surface area contributed by atoms with Gasteiger partial charge in [-0.05, 0) is 44.4 Å². The molecule has 1 unspecified atom stereocenters. The molecule has 0 radical (unpaired) electrons. The minimum absolute atomic E-state index is 0.0228. The van der Waals surface area contributed by atoms with E-state index in [0.29, 0.717) is 11.6 Å². The maximum Gasteiger partial charge on any atom is 0.253 e. The number of carbonyl (C=O) groups excluding carboxylic acids is 1. The molecule has 1 aromatic heterocycles. The van der Waals surface area contributed by atoms with Crippen LogP contribution in [0.15, 0.2) is 41.8 Å². The molecule has 0 aliphatic rings. The second-order valence-electron chi connectivity index (χ2n) is 5.06. The van der Waals surface area contributed by atoms with Crippen molar-refractivity contribution in [3.05, 3.63) is 52.2 Å². The van der Waals surface area contributed by atoms with E-state index >= 15 is 0 Å².